The molecule has 0 aliphatic heterocycles. The van der Waals surface area contributed by atoms with E-state index in [0.717, 1.165) is 31.2 Å². The van der Waals surface area contributed by atoms with E-state index >= 15 is 0 Å². The van der Waals surface area contributed by atoms with Gasteiger partial charge in [0.05, 0.1) is 10.0 Å². The highest BCUT2D eigenvalue weighted by atomic mass is 79.9. The molecule has 1 aromatic heterocycles. The average Bonchev–Trinajstić information content (AvgIpc) is 2.65. The Balaban J connectivity index is 2.35. The van der Waals surface area contributed by atoms with Crippen LogP contribution in [0.4, 0.5) is 5.00 Å². The highest BCUT2D eigenvalue weighted by Gasteiger charge is 2.21. The van der Waals surface area contributed by atoms with Crippen LogP contribution in [0.3, 0.4) is 0 Å². The van der Waals surface area contributed by atoms with Crippen molar-refractivity contribution in [2.75, 3.05) is 5.32 Å². The number of fused-ring (bicyclic) bond motifs is 1. The molecule has 0 bridgehead atoms. The van der Waals surface area contributed by atoms with Crippen LogP contribution in [0.1, 0.15) is 28.8 Å². The Hall–Kier alpha value is -1.12. The van der Waals surface area contributed by atoms with Gasteiger partial charge in [-0.15, -0.1) is 11.3 Å². The van der Waals surface area contributed by atoms with E-state index in [2.05, 4.69) is 33.9 Å². The number of nitriles is 1. The predicted molar refractivity (Wildman–Crippen MR) is 72.4 cm³/mol. The standard InChI is InChI=1S/C12H11BrN2OS/c1-7(13)11(16)15-12-9(6-14)8-4-2-3-5-10(8)17-12/h1-5H2,(H,15,16). The minimum Gasteiger partial charge on any atom is -0.312 e. The summed E-state index contributed by atoms with van der Waals surface area (Å²) in [5.74, 6) is -0.292. The molecule has 0 fully saturated rings. The highest BCUT2D eigenvalue weighted by molar-refractivity contribution is 9.12. The Morgan fingerprint density at radius 3 is 2.82 bits per heavy atom. The molecule has 1 aromatic rings. The van der Waals surface area contributed by atoms with Crippen molar-refractivity contribution in [1.82, 2.24) is 0 Å². The van der Waals surface area contributed by atoms with E-state index in [0.29, 0.717) is 10.6 Å². The van der Waals surface area contributed by atoms with Crippen LogP contribution in [0.2, 0.25) is 0 Å². The zero-order chi connectivity index (χ0) is 12.4. The first-order chi connectivity index (χ1) is 8.13. The van der Waals surface area contributed by atoms with Gasteiger partial charge in [-0.25, -0.2) is 0 Å². The molecular weight excluding hydrogens is 300 g/mol. The molecule has 0 aromatic carbocycles. The van der Waals surface area contributed by atoms with Crippen molar-refractivity contribution in [1.29, 1.82) is 5.26 Å². The van der Waals surface area contributed by atoms with Crippen LogP contribution in [0.15, 0.2) is 11.1 Å². The van der Waals surface area contributed by atoms with Crippen LogP contribution in [-0.4, -0.2) is 5.91 Å². The molecule has 5 heteroatoms. The molecule has 2 rings (SSSR count). The molecule has 1 aliphatic rings. The van der Waals surface area contributed by atoms with Gasteiger partial charge in [0.2, 0.25) is 0 Å². The fourth-order valence-electron chi connectivity index (χ4n) is 1.94. The smallest absolute Gasteiger partial charge is 0.262 e. The van der Waals surface area contributed by atoms with Crippen molar-refractivity contribution in [2.24, 2.45) is 0 Å². The summed E-state index contributed by atoms with van der Waals surface area (Å²) in [4.78, 5) is 12.8. The first kappa shape index (κ1) is 12.3. The summed E-state index contributed by atoms with van der Waals surface area (Å²) in [6.07, 6.45) is 4.24. The first-order valence-corrected chi connectivity index (χ1v) is 6.95. The van der Waals surface area contributed by atoms with E-state index in [1.807, 2.05) is 0 Å². The van der Waals surface area contributed by atoms with Crippen LogP contribution < -0.4 is 5.32 Å². The minimum absolute atomic E-state index is 0.271. The zero-order valence-electron chi connectivity index (χ0n) is 9.18. The summed E-state index contributed by atoms with van der Waals surface area (Å²) in [6, 6.07) is 2.20. The Morgan fingerprint density at radius 1 is 1.47 bits per heavy atom. The molecule has 1 aliphatic carbocycles. The molecule has 0 atom stereocenters. The molecule has 88 valence electrons. The number of carbonyl (C=O) groups excluding carboxylic acids is 1. The number of carbonyl (C=O) groups is 1. The topological polar surface area (TPSA) is 52.9 Å². The maximum absolute atomic E-state index is 11.5. The lowest BCUT2D eigenvalue weighted by Crippen LogP contribution is -2.10. The molecule has 0 unspecified atom stereocenters. The molecule has 17 heavy (non-hydrogen) atoms. The maximum atomic E-state index is 11.5. The van der Waals surface area contributed by atoms with Gasteiger partial charge in [0.15, 0.2) is 0 Å². The normalized spacial score (nSPS) is 13.6. The molecule has 1 N–H and O–H groups in total. The van der Waals surface area contributed by atoms with E-state index in [9.17, 15) is 10.1 Å². The van der Waals surface area contributed by atoms with Crippen molar-refractivity contribution in [3.05, 3.63) is 27.1 Å². The van der Waals surface area contributed by atoms with Gasteiger partial charge in [-0.2, -0.15) is 5.26 Å². The lowest BCUT2D eigenvalue weighted by Gasteiger charge is -2.09. The number of nitrogens with zero attached hydrogens (tertiary/aromatic N) is 1. The quantitative estimate of drug-likeness (QED) is 0.852. The number of thiophene rings is 1. The average molecular weight is 311 g/mol. The Labute approximate surface area is 112 Å². The van der Waals surface area contributed by atoms with Crippen LogP contribution in [0, 0.1) is 11.3 Å². The van der Waals surface area contributed by atoms with Crippen LogP contribution >= 0.6 is 27.3 Å². The van der Waals surface area contributed by atoms with Gasteiger partial charge in [0.25, 0.3) is 5.91 Å². The van der Waals surface area contributed by atoms with Gasteiger partial charge in [0, 0.05) is 4.88 Å². The second kappa shape index (κ2) is 5.03. The SMILES string of the molecule is C=C(Br)C(=O)Nc1sc2c(c1C#N)CCCC2. The van der Waals surface area contributed by atoms with E-state index in [4.69, 9.17) is 0 Å². The Bertz CT molecular complexity index is 527. The fraction of sp³-hybridized carbons (Fsp3) is 0.333. The minimum atomic E-state index is -0.292. The number of aryl methyl sites for hydroxylation is 1. The van der Waals surface area contributed by atoms with Crippen molar-refractivity contribution >= 4 is 38.2 Å². The molecule has 1 amide bonds. The summed E-state index contributed by atoms with van der Waals surface area (Å²) in [6.45, 7) is 3.51. The molecule has 0 saturated carbocycles. The van der Waals surface area contributed by atoms with E-state index in [1.54, 1.807) is 0 Å². The second-order valence-electron chi connectivity index (χ2n) is 3.89. The molecule has 3 nitrogen and oxygen atoms in total. The van der Waals surface area contributed by atoms with Crippen molar-refractivity contribution in [3.63, 3.8) is 0 Å². The molecule has 0 saturated heterocycles. The van der Waals surface area contributed by atoms with Gasteiger partial charge < -0.3 is 5.32 Å². The maximum Gasteiger partial charge on any atom is 0.262 e. The third-order valence-corrected chi connectivity index (χ3v) is 4.32. The summed E-state index contributed by atoms with van der Waals surface area (Å²) in [5, 5.41) is 12.6. The lowest BCUT2D eigenvalue weighted by molar-refractivity contribution is -0.112. The first-order valence-electron chi connectivity index (χ1n) is 5.34. The predicted octanol–water partition coefficient (Wildman–Crippen LogP) is 3.35. The van der Waals surface area contributed by atoms with E-state index < -0.39 is 0 Å². The number of hydrogen-bond donors (Lipinski definition) is 1. The van der Waals surface area contributed by atoms with Crippen molar-refractivity contribution in [3.8, 4) is 6.07 Å². The molecule has 1 heterocycles. The van der Waals surface area contributed by atoms with E-state index in [1.165, 1.54) is 16.2 Å². The zero-order valence-corrected chi connectivity index (χ0v) is 11.6. The Morgan fingerprint density at radius 2 is 2.18 bits per heavy atom. The monoisotopic (exact) mass is 310 g/mol. The van der Waals surface area contributed by atoms with Gasteiger partial charge in [-0.3, -0.25) is 4.79 Å². The number of nitrogens with one attached hydrogen (secondary N) is 1. The van der Waals surface area contributed by atoms with Crippen molar-refractivity contribution in [2.45, 2.75) is 25.7 Å². The van der Waals surface area contributed by atoms with Gasteiger partial charge in [-0.1, -0.05) is 6.58 Å². The molecule has 0 spiro atoms. The molecular formula is C12H11BrN2OS. The summed E-state index contributed by atoms with van der Waals surface area (Å²) in [7, 11) is 0. The van der Waals surface area contributed by atoms with Gasteiger partial charge in [0.1, 0.15) is 11.1 Å². The van der Waals surface area contributed by atoms with E-state index in [-0.39, 0.29) is 10.4 Å². The lowest BCUT2D eigenvalue weighted by atomic mass is 9.96. The summed E-state index contributed by atoms with van der Waals surface area (Å²) < 4.78 is 0.271. The Kier molecular flexibility index (Phi) is 3.65. The highest BCUT2D eigenvalue weighted by Crippen LogP contribution is 2.37. The number of anilines is 1. The number of amides is 1. The summed E-state index contributed by atoms with van der Waals surface area (Å²) in [5.41, 5.74) is 1.76. The van der Waals surface area contributed by atoms with Crippen molar-refractivity contribution < 1.29 is 4.79 Å². The second-order valence-corrected chi connectivity index (χ2v) is 5.95. The number of hydrogen-bond acceptors (Lipinski definition) is 3. The summed E-state index contributed by atoms with van der Waals surface area (Å²) >= 11 is 4.55. The van der Waals surface area contributed by atoms with Crippen LogP contribution in [0.25, 0.3) is 0 Å². The van der Waals surface area contributed by atoms with Crippen LogP contribution in [0.5, 0.6) is 0 Å². The molecule has 0 radical (unpaired) electrons. The fourth-order valence-corrected chi connectivity index (χ4v) is 3.28. The number of halogens is 1. The number of rotatable bonds is 2. The van der Waals surface area contributed by atoms with Gasteiger partial charge in [-0.05, 0) is 47.2 Å². The third-order valence-electron chi connectivity index (χ3n) is 2.76. The van der Waals surface area contributed by atoms with Gasteiger partial charge >= 0.3 is 0 Å². The van der Waals surface area contributed by atoms with Crippen LogP contribution in [-0.2, 0) is 17.6 Å². The third kappa shape index (κ3) is 2.43. The largest absolute Gasteiger partial charge is 0.312 e.